The average Bonchev–Trinajstić information content (AvgIpc) is 3.06. The number of rotatable bonds is 4. The van der Waals surface area contributed by atoms with Gasteiger partial charge in [-0.15, -0.1) is 0 Å². The molecule has 0 saturated carbocycles. The number of halogens is 1. The Morgan fingerprint density at radius 2 is 2.12 bits per heavy atom. The first kappa shape index (κ1) is 16.7. The number of piperazine rings is 1. The number of hydrogen-bond acceptors (Lipinski definition) is 5. The third-order valence-corrected chi connectivity index (χ3v) is 4.46. The zero-order valence-corrected chi connectivity index (χ0v) is 14.1. The van der Waals surface area contributed by atoms with E-state index in [0.717, 1.165) is 12.0 Å². The van der Waals surface area contributed by atoms with Crippen molar-refractivity contribution in [2.75, 3.05) is 26.2 Å². The Labute approximate surface area is 144 Å². The van der Waals surface area contributed by atoms with Crippen molar-refractivity contribution in [3.8, 4) is 11.5 Å². The van der Waals surface area contributed by atoms with E-state index in [9.17, 15) is 4.79 Å². The van der Waals surface area contributed by atoms with E-state index in [2.05, 4.69) is 22.0 Å². The van der Waals surface area contributed by atoms with Crippen molar-refractivity contribution >= 4 is 17.7 Å². The third-order valence-electron chi connectivity index (χ3n) is 4.22. The molecule has 128 valence electrons. The molecular weight excluding hydrogens is 332 g/mol. The van der Waals surface area contributed by atoms with Gasteiger partial charge in [0.25, 0.3) is 5.89 Å². The zero-order chi connectivity index (χ0) is 17.1. The lowest BCUT2D eigenvalue weighted by atomic mass is 10.1. The largest absolute Gasteiger partial charge is 0.465 e. The second-order valence-corrected chi connectivity index (χ2v) is 6.13. The first-order valence-electron chi connectivity index (χ1n) is 7.90. The number of amides is 1. The molecule has 0 radical (unpaired) electrons. The number of aromatic nitrogens is 2. The fourth-order valence-electron chi connectivity index (χ4n) is 2.94. The Kier molecular flexibility index (Phi) is 5.01. The van der Waals surface area contributed by atoms with Gasteiger partial charge in [-0.2, -0.15) is 4.98 Å². The van der Waals surface area contributed by atoms with E-state index < -0.39 is 6.09 Å². The van der Waals surface area contributed by atoms with E-state index in [0.29, 0.717) is 42.9 Å². The minimum atomic E-state index is -0.870. The second-order valence-electron chi connectivity index (χ2n) is 5.70. The normalized spacial score (nSPS) is 17.0. The highest BCUT2D eigenvalue weighted by Crippen LogP contribution is 2.27. The van der Waals surface area contributed by atoms with Crippen LogP contribution in [0, 0.1) is 0 Å². The first-order valence-corrected chi connectivity index (χ1v) is 8.27. The van der Waals surface area contributed by atoms with Gasteiger partial charge in [-0.1, -0.05) is 29.7 Å². The van der Waals surface area contributed by atoms with E-state index in [1.54, 1.807) is 12.1 Å². The summed E-state index contributed by atoms with van der Waals surface area (Å²) < 4.78 is 5.39. The number of hydrogen-bond donors (Lipinski definition) is 1. The minimum absolute atomic E-state index is 0.0117. The zero-order valence-electron chi connectivity index (χ0n) is 13.4. The number of carbonyl (C=O) groups is 1. The Bertz CT molecular complexity index is 713. The topological polar surface area (TPSA) is 82.7 Å². The van der Waals surface area contributed by atoms with Crippen LogP contribution in [0.5, 0.6) is 0 Å². The summed E-state index contributed by atoms with van der Waals surface area (Å²) in [5.74, 6) is 1.06. The molecule has 1 N–H and O–H groups in total. The quantitative estimate of drug-likeness (QED) is 0.912. The molecule has 2 heterocycles. The van der Waals surface area contributed by atoms with Gasteiger partial charge in [-0.05, 0) is 24.6 Å². The molecule has 1 atom stereocenters. The molecule has 0 spiro atoms. The lowest BCUT2D eigenvalue weighted by Crippen LogP contribution is -2.49. The molecule has 1 aliphatic heterocycles. The van der Waals surface area contributed by atoms with Crippen molar-refractivity contribution < 1.29 is 14.4 Å². The van der Waals surface area contributed by atoms with Crippen molar-refractivity contribution in [2.45, 2.75) is 19.4 Å². The van der Waals surface area contributed by atoms with Crippen LogP contribution in [0.2, 0.25) is 5.02 Å². The monoisotopic (exact) mass is 350 g/mol. The van der Waals surface area contributed by atoms with Crippen LogP contribution in [-0.4, -0.2) is 57.3 Å². The van der Waals surface area contributed by atoms with Crippen LogP contribution in [0.1, 0.15) is 25.2 Å². The Hall–Kier alpha value is -2.12. The van der Waals surface area contributed by atoms with Crippen LogP contribution in [-0.2, 0) is 0 Å². The molecule has 1 amide bonds. The fourth-order valence-corrected chi connectivity index (χ4v) is 3.13. The van der Waals surface area contributed by atoms with E-state index >= 15 is 0 Å². The van der Waals surface area contributed by atoms with Crippen LogP contribution in [0.4, 0.5) is 4.79 Å². The molecule has 1 saturated heterocycles. The predicted molar refractivity (Wildman–Crippen MR) is 88.9 cm³/mol. The van der Waals surface area contributed by atoms with E-state index in [1.807, 2.05) is 12.1 Å². The SMILES string of the molecule is CCC(c1noc(-c2cccc(Cl)c2)n1)N1CCN(C(=O)O)CC1. The summed E-state index contributed by atoms with van der Waals surface area (Å²) in [7, 11) is 0. The molecule has 2 aromatic rings. The van der Waals surface area contributed by atoms with Gasteiger partial charge in [-0.25, -0.2) is 4.79 Å². The summed E-state index contributed by atoms with van der Waals surface area (Å²) in [5.41, 5.74) is 0.784. The van der Waals surface area contributed by atoms with Crippen molar-refractivity contribution in [3.05, 3.63) is 35.1 Å². The Morgan fingerprint density at radius 1 is 1.38 bits per heavy atom. The highest BCUT2D eigenvalue weighted by Gasteiger charge is 2.28. The van der Waals surface area contributed by atoms with Gasteiger partial charge in [0.15, 0.2) is 5.82 Å². The molecule has 1 aromatic heterocycles. The smallest absolute Gasteiger partial charge is 0.407 e. The van der Waals surface area contributed by atoms with Gasteiger partial charge < -0.3 is 14.5 Å². The number of nitrogens with zero attached hydrogens (tertiary/aromatic N) is 4. The lowest BCUT2D eigenvalue weighted by Gasteiger charge is -2.36. The summed E-state index contributed by atoms with van der Waals surface area (Å²) in [4.78, 5) is 19.2. The van der Waals surface area contributed by atoms with E-state index in [4.69, 9.17) is 21.2 Å². The van der Waals surface area contributed by atoms with Crippen LogP contribution >= 0.6 is 11.6 Å². The maximum atomic E-state index is 11.0. The number of carboxylic acid groups (broad SMARTS) is 1. The molecule has 1 aliphatic rings. The Balaban J connectivity index is 1.74. The van der Waals surface area contributed by atoms with Crippen LogP contribution < -0.4 is 0 Å². The standard InChI is InChI=1S/C16H19ClN4O3/c1-2-13(20-6-8-21(9-7-20)16(22)23)14-18-15(24-19-14)11-4-3-5-12(17)10-11/h3-5,10,13H,2,6-9H2,1H3,(H,22,23). The van der Waals surface area contributed by atoms with Gasteiger partial charge in [-0.3, -0.25) is 4.90 Å². The van der Waals surface area contributed by atoms with Crippen molar-refractivity contribution in [3.63, 3.8) is 0 Å². The van der Waals surface area contributed by atoms with Gasteiger partial charge in [0, 0.05) is 36.8 Å². The molecule has 0 bridgehead atoms. The van der Waals surface area contributed by atoms with Gasteiger partial charge in [0.2, 0.25) is 0 Å². The van der Waals surface area contributed by atoms with Gasteiger partial charge in [0.1, 0.15) is 0 Å². The molecule has 1 aromatic carbocycles. The van der Waals surface area contributed by atoms with Crippen LogP contribution in [0.25, 0.3) is 11.5 Å². The maximum absolute atomic E-state index is 11.0. The molecule has 8 heteroatoms. The van der Waals surface area contributed by atoms with Crippen LogP contribution in [0.3, 0.4) is 0 Å². The molecule has 0 aliphatic carbocycles. The highest BCUT2D eigenvalue weighted by atomic mass is 35.5. The summed E-state index contributed by atoms with van der Waals surface area (Å²) >= 11 is 6.00. The lowest BCUT2D eigenvalue weighted by molar-refractivity contribution is 0.0805. The first-order chi connectivity index (χ1) is 11.6. The van der Waals surface area contributed by atoms with Gasteiger partial charge in [0.05, 0.1) is 6.04 Å². The highest BCUT2D eigenvalue weighted by molar-refractivity contribution is 6.30. The second kappa shape index (κ2) is 7.19. The molecule has 3 rings (SSSR count). The van der Waals surface area contributed by atoms with Crippen molar-refractivity contribution in [2.24, 2.45) is 0 Å². The molecular formula is C16H19ClN4O3. The maximum Gasteiger partial charge on any atom is 0.407 e. The molecule has 1 fully saturated rings. The summed E-state index contributed by atoms with van der Waals surface area (Å²) in [6.45, 7) is 4.36. The molecule has 7 nitrogen and oxygen atoms in total. The van der Waals surface area contributed by atoms with E-state index in [1.165, 1.54) is 4.90 Å². The predicted octanol–water partition coefficient (Wildman–Crippen LogP) is 3.14. The van der Waals surface area contributed by atoms with Crippen molar-refractivity contribution in [1.82, 2.24) is 19.9 Å². The van der Waals surface area contributed by atoms with Crippen molar-refractivity contribution in [1.29, 1.82) is 0 Å². The average molecular weight is 351 g/mol. The minimum Gasteiger partial charge on any atom is -0.465 e. The summed E-state index contributed by atoms with van der Waals surface area (Å²) in [6, 6.07) is 7.29. The summed E-state index contributed by atoms with van der Waals surface area (Å²) in [6.07, 6.45) is -0.0489. The number of benzene rings is 1. The molecule has 24 heavy (non-hydrogen) atoms. The van der Waals surface area contributed by atoms with Gasteiger partial charge >= 0.3 is 6.09 Å². The Morgan fingerprint density at radius 3 is 2.75 bits per heavy atom. The summed E-state index contributed by atoms with van der Waals surface area (Å²) in [5, 5.41) is 13.8. The molecule has 1 unspecified atom stereocenters. The van der Waals surface area contributed by atoms with Crippen LogP contribution in [0.15, 0.2) is 28.8 Å². The van der Waals surface area contributed by atoms with E-state index in [-0.39, 0.29) is 6.04 Å². The fraction of sp³-hybridized carbons (Fsp3) is 0.438. The third kappa shape index (κ3) is 3.52.